The van der Waals surface area contributed by atoms with Gasteiger partial charge in [-0.1, -0.05) is 0 Å². The van der Waals surface area contributed by atoms with Crippen molar-refractivity contribution in [2.45, 2.75) is 26.3 Å². The molecule has 1 unspecified atom stereocenters. The van der Waals surface area contributed by atoms with E-state index in [1.165, 1.54) is 6.26 Å². The minimum atomic E-state index is -0.0206. The van der Waals surface area contributed by atoms with Crippen molar-refractivity contribution in [1.82, 2.24) is 4.90 Å². The quantitative estimate of drug-likeness (QED) is 0.817. The third-order valence-electron chi connectivity index (χ3n) is 2.54. The summed E-state index contributed by atoms with van der Waals surface area (Å²) < 4.78 is 5.10. The lowest BCUT2D eigenvalue weighted by atomic mass is 10.2. The van der Waals surface area contributed by atoms with Gasteiger partial charge >= 0.3 is 0 Å². The van der Waals surface area contributed by atoms with Crippen molar-refractivity contribution < 1.29 is 9.21 Å². The van der Waals surface area contributed by atoms with Crippen LogP contribution < -0.4 is 5.73 Å². The van der Waals surface area contributed by atoms with E-state index < -0.39 is 0 Å². The monoisotopic (exact) mass is 210 g/mol. The Balaban J connectivity index is 2.68. The van der Waals surface area contributed by atoms with Crippen molar-refractivity contribution in [3.05, 3.63) is 23.7 Å². The van der Waals surface area contributed by atoms with E-state index in [2.05, 4.69) is 0 Å². The molecule has 0 fully saturated rings. The molecule has 15 heavy (non-hydrogen) atoms. The normalized spacial score (nSPS) is 12.5. The fourth-order valence-electron chi connectivity index (χ4n) is 1.39. The van der Waals surface area contributed by atoms with Gasteiger partial charge in [0.15, 0.2) is 0 Å². The highest BCUT2D eigenvalue weighted by Gasteiger charge is 2.18. The Hall–Kier alpha value is -1.29. The number of aryl methyl sites for hydroxylation is 1. The molecule has 0 aliphatic carbocycles. The van der Waals surface area contributed by atoms with E-state index in [1.807, 2.05) is 13.8 Å². The molecule has 0 saturated heterocycles. The van der Waals surface area contributed by atoms with Crippen molar-refractivity contribution in [2.75, 3.05) is 13.6 Å². The molecule has 1 heterocycles. The molecule has 0 saturated carbocycles. The largest absolute Gasteiger partial charge is 0.469 e. The molecule has 1 amide bonds. The second-order valence-electron chi connectivity index (χ2n) is 3.79. The van der Waals surface area contributed by atoms with Crippen LogP contribution in [-0.2, 0) is 0 Å². The smallest absolute Gasteiger partial charge is 0.257 e. The van der Waals surface area contributed by atoms with Crippen molar-refractivity contribution in [3.63, 3.8) is 0 Å². The molecule has 0 radical (unpaired) electrons. The Morgan fingerprint density at radius 2 is 2.33 bits per heavy atom. The molecule has 1 aromatic heterocycles. The molecule has 4 heteroatoms. The first-order valence-corrected chi connectivity index (χ1v) is 5.08. The zero-order chi connectivity index (χ0) is 11.4. The Morgan fingerprint density at radius 3 is 2.80 bits per heavy atom. The van der Waals surface area contributed by atoms with Gasteiger partial charge in [0.05, 0.1) is 5.56 Å². The first kappa shape index (κ1) is 11.8. The van der Waals surface area contributed by atoms with Gasteiger partial charge in [0.1, 0.15) is 12.0 Å². The molecule has 0 spiro atoms. The Labute approximate surface area is 90.0 Å². The third-order valence-corrected chi connectivity index (χ3v) is 2.54. The first-order chi connectivity index (χ1) is 7.06. The van der Waals surface area contributed by atoms with Gasteiger partial charge < -0.3 is 15.1 Å². The van der Waals surface area contributed by atoms with Gasteiger partial charge in [-0.25, -0.2) is 0 Å². The number of nitrogens with zero attached hydrogens (tertiary/aromatic N) is 1. The molecule has 0 aromatic carbocycles. The summed E-state index contributed by atoms with van der Waals surface area (Å²) in [5, 5.41) is 0. The highest BCUT2D eigenvalue weighted by molar-refractivity contribution is 5.94. The van der Waals surface area contributed by atoms with Crippen LogP contribution in [-0.4, -0.2) is 30.4 Å². The van der Waals surface area contributed by atoms with Crippen LogP contribution in [0.25, 0.3) is 0 Å². The molecular formula is C11H18N2O2. The van der Waals surface area contributed by atoms with Crippen molar-refractivity contribution in [2.24, 2.45) is 5.73 Å². The van der Waals surface area contributed by atoms with Crippen LogP contribution in [0, 0.1) is 6.92 Å². The molecule has 84 valence electrons. The fraction of sp³-hybridized carbons (Fsp3) is 0.545. The average Bonchev–Trinajstić information content (AvgIpc) is 2.63. The van der Waals surface area contributed by atoms with Gasteiger partial charge in [0.25, 0.3) is 5.91 Å². The van der Waals surface area contributed by atoms with Crippen LogP contribution in [0.15, 0.2) is 16.7 Å². The molecule has 2 N–H and O–H groups in total. The first-order valence-electron chi connectivity index (χ1n) is 5.08. The Morgan fingerprint density at radius 1 is 1.67 bits per heavy atom. The number of hydrogen-bond acceptors (Lipinski definition) is 3. The SMILES string of the molecule is Cc1cc(C(=O)N(C)C(C)CCN)co1. The lowest BCUT2D eigenvalue weighted by Gasteiger charge is -2.23. The lowest BCUT2D eigenvalue weighted by molar-refractivity contribution is 0.0738. The standard InChI is InChI=1S/C11H18N2O2/c1-8(4-5-12)13(3)11(14)10-6-9(2)15-7-10/h6-8H,4-5,12H2,1-3H3. The summed E-state index contributed by atoms with van der Waals surface area (Å²) in [6.45, 7) is 4.39. The maximum Gasteiger partial charge on any atom is 0.257 e. The zero-order valence-electron chi connectivity index (χ0n) is 9.49. The van der Waals surface area contributed by atoms with Gasteiger partial charge in [-0.3, -0.25) is 4.79 Å². The molecule has 0 aliphatic heterocycles. The summed E-state index contributed by atoms with van der Waals surface area (Å²) in [5.74, 6) is 0.728. The number of furan rings is 1. The molecule has 4 nitrogen and oxygen atoms in total. The van der Waals surface area contributed by atoms with Gasteiger partial charge in [0.2, 0.25) is 0 Å². The topological polar surface area (TPSA) is 59.5 Å². The van der Waals surface area contributed by atoms with Crippen LogP contribution in [0.1, 0.15) is 29.5 Å². The van der Waals surface area contributed by atoms with Crippen LogP contribution in [0.5, 0.6) is 0 Å². The third kappa shape index (κ3) is 2.83. The summed E-state index contributed by atoms with van der Waals surface area (Å²) in [6.07, 6.45) is 2.29. The zero-order valence-corrected chi connectivity index (χ0v) is 9.49. The molecule has 1 rings (SSSR count). The minimum Gasteiger partial charge on any atom is -0.469 e. The van der Waals surface area contributed by atoms with Crippen LogP contribution in [0.4, 0.5) is 0 Å². The van der Waals surface area contributed by atoms with Gasteiger partial charge in [0, 0.05) is 13.1 Å². The highest BCUT2D eigenvalue weighted by Crippen LogP contribution is 2.11. The van der Waals surface area contributed by atoms with Crippen LogP contribution in [0.2, 0.25) is 0 Å². The summed E-state index contributed by atoms with van der Waals surface area (Å²) >= 11 is 0. The lowest BCUT2D eigenvalue weighted by Crippen LogP contribution is -2.36. The maximum absolute atomic E-state index is 11.9. The number of rotatable bonds is 4. The van der Waals surface area contributed by atoms with Gasteiger partial charge in [-0.05, 0) is 32.9 Å². The van der Waals surface area contributed by atoms with E-state index in [1.54, 1.807) is 18.0 Å². The summed E-state index contributed by atoms with van der Waals surface area (Å²) in [5.41, 5.74) is 6.05. The maximum atomic E-state index is 11.9. The second-order valence-corrected chi connectivity index (χ2v) is 3.79. The molecule has 0 aliphatic rings. The van der Waals surface area contributed by atoms with E-state index in [9.17, 15) is 4.79 Å². The van der Waals surface area contributed by atoms with Gasteiger partial charge in [-0.15, -0.1) is 0 Å². The van der Waals surface area contributed by atoms with Crippen molar-refractivity contribution >= 4 is 5.91 Å². The highest BCUT2D eigenvalue weighted by atomic mass is 16.3. The number of carbonyl (C=O) groups excluding carboxylic acids is 1. The Kier molecular flexibility index (Phi) is 3.91. The summed E-state index contributed by atoms with van der Waals surface area (Å²) in [7, 11) is 1.78. The second kappa shape index (κ2) is 4.98. The van der Waals surface area contributed by atoms with Crippen molar-refractivity contribution in [3.8, 4) is 0 Å². The van der Waals surface area contributed by atoms with Crippen LogP contribution >= 0.6 is 0 Å². The molecular weight excluding hydrogens is 192 g/mol. The van der Waals surface area contributed by atoms with Crippen LogP contribution in [0.3, 0.4) is 0 Å². The molecule has 1 atom stereocenters. The number of amides is 1. The number of carbonyl (C=O) groups is 1. The Bertz CT molecular complexity index is 333. The van der Waals surface area contributed by atoms with E-state index in [0.717, 1.165) is 12.2 Å². The number of nitrogens with two attached hydrogens (primary N) is 1. The van der Waals surface area contributed by atoms with E-state index >= 15 is 0 Å². The average molecular weight is 210 g/mol. The summed E-state index contributed by atoms with van der Waals surface area (Å²) in [4.78, 5) is 13.6. The minimum absolute atomic E-state index is 0.0206. The fourth-order valence-corrected chi connectivity index (χ4v) is 1.39. The van der Waals surface area contributed by atoms with Crippen molar-refractivity contribution in [1.29, 1.82) is 0 Å². The van der Waals surface area contributed by atoms with E-state index in [0.29, 0.717) is 12.1 Å². The predicted octanol–water partition coefficient (Wildman–Crippen LogP) is 1.40. The van der Waals surface area contributed by atoms with Gasteiger partial charge in [-0.2, -0.15) is 0 Å². The molecule has 1 aromatic rings. The predicted molar refractivity (Wildman–Crippen MR) is 58.7 cm³/mol. The number of hydrogen-bond donors (Lipinski definition) is 1. The molecule has 0 bridgehead atoms. The van der Waals surface area contributed by atoms with E-state index in [4.69, 9.17) is 10.2 Å². The van der Waals surface area contributed by atoms with E-state index in [-0.39, 0.29) is 11.9 Å². The summed E-state index contributed by atoms with van der Waals surface area (Å²) in [6, 6.07) is 1.89.